The molecule has 0 fully saturated rings. The van der Waals surface area contributed by atoms with Crippen LogP contribution in [0, 0.1) is 22.7 Å². The van der Waals surface area contributed by atoms with Crippen molar-refractivity contribution in [3.05, 3.63) is 136 Å². The Morgan fingerprint density at radius 2 is 0.778 bits per heavy atom. The maximum absolute atomic E-state index is 9.01. The first kappa shape index (κ1) is 24.0. The van der Waals surface area contributed by atoms with Gasteiger partial charge >= 0.3 is 0 Å². The summed E-state index contributed by atoms with van der Waals surface area (Å²) in [6.07, 6.45) is 12.4. The molecule has 0 bridgehead atoms. The molecule has 0 radical (unpaired) electrons. The summed E-state index contributed by atoms with van der Waals surface area (Å²) in [6, 6.07) is 33.7. The Morgan fingerprint density at radius 1 is 0.472 bits per heavy atom. The molecule has 0 unspecified atom stereocenters. The minimum atomic E-state index is 0.646. The van der Waals surface area contributed by atoms with Crippen LogP contribution in [0.25, 0.3) is 36.5 Å². The summed E-state index contributed by atoms with van der Waals surface area (Å²) in [5, 5.41) is 18.0. The quantitative estimate of drug-likeness (QED) is 0.261. The Bertz CT molecular complexity index is 1410. The number of benzene rings is 4. The highest BCUT2D eigenvalue weighted by atomic mass is 16.5. The Morgan fingerprint density at radius 3 is 1.08 bits per heavy atom. The number of rotatable bonds is 7. The molecule has 0 aliphatic carbocycles. The summed E-state index contributed by atoms with van der Waals surface area (Å²) in [5.41, 5.74) is 7.65. The summed E-state index contributed by atoms with van der Waals surface area (Å²) in [6.45, 7) is 0. The topological polar surface area (TPSA) is 56.8 Å². The molecule has 4 aromatic rings. The Hall–Kier alpha value is -5.12. The van der Waals surface area contributed by atoms with Crippen LogP contribution >= 0.6 is 0 Å². The molecule has 36 heavy (non-hydrogen) atoms. The van der Waals surface area contributed by atoms with E-state index >= 15 is 0 Å². The SMILES string of the molecule is COc1ccc(/C=C/c2cc(/C=C/c3ccc(C#N)cc3)cc(/C=C/c3ccc(C#N)cc3)c2)cc1. The lowest BCUT2D eigenvalue weighted by molar-refractivity contribution is 0.415. The van der Waals surface area contributed by atoms with Crippen LogP contribution in [0.4, 0.5) is 0 Å². The van der Waals surface area contributed by atoms with Crippen LogP contribution in [-0.2, 0) is 0 Å². The maximum atomic E-state index is 9.01. The standard InChI is InChI=1S/C33H24N2O/c1-36-33-18-16-27(17-19-33)8-15-32-21-30(13-6-25-2-9-28(23-34)10-3-25)20-31(22-32)14-7-26-4-11-29(24-35)12-5-26/h2-22H,1H3/b13-6+,14-7+,15-8+. The van der Waals surface area contributed by atoms with Gasteiger partial charge in [-0.15, -0.1) is 0 Å². The summed E-state index contributed by atoms with van der Waals surface area (Å²) in [5.74, 6) is 0.831. The van der Waals surface area contributed by atoms with E-state index < -0.39 is 0 Å². The molecule has 0 saturated carbocycles. The number of methoxy groups -OCH3 is 1. The Balaban J connectivity index is 1.63. The zero-order chi connectivity index (χ0) is 25.2. The average molecular weight is 465 g/mol. The Labute approximate surface area is 212 Å². The third kappa shape index (κ3) is 6.70. The summed E-state index contributed by atoms with van der Waals surface area (Å²) < 4.78 is 5.24. The van der Waals surface area contributed by atoms with Crippen LogP contribution in [0.5, 0.6) is 5.75 Å². The van der Waals surface area contributed by atoms with E-state index in [1.165, 1.54) is 0 Å². The van der Waals surface area contributed by atoms with Crippen LogP contribution in [0.3, 0.4) is 0 Å². The predicted octanol–water partition coefficient (Wildman–Crippen LogP) is 7.95. The van der Waals surface area contributed by atoms with Gasteiger partial charge in [0.2, 0.25) is 0 Å². The van der Waals surface area contributed by atoms with Crippen molar-refractivity contribution in [3.8, 4) is 17.9 Å². The van der Waals surface area contributed by atoms with Gasteiger partial charge in [-0.05, 0) is 88.0 Å². The average Bonchev–Trinajstić information content (AvgIpc) is 2.94. The van der Waals surface area contributed by atoms with Gasteiger partial charge < -0.3 is 4.74 Å². The van der Waals surface area contributed by atoms with Crippen molar-refractivity contribution in [1.82, 2.24) is 0 Å². The van der Waals surface area contributed by atoms with Crippen molar-refractivity contribution in [2.75, 3.05) is 7.11 Å². The fraction of sp³-hybridized carbons (Fsp3) is 0.0303. The molecular weight excluding hydrogens is 440 g/mol. The van der Waals surface area contributed by atoms with E-state index in [0.717, 1.165) is 39.1 Å². The highest BCUT2D eigenvalue weighted by molar-refractivity contribution is 5.79. The fourth-order valence-electron chi connectivity index (χ4n) is 3.62. The lowest BCUT2D eigenvalue weighted by Gasteiger charge is -2.04. The molecule has 0 atom stereocenters. The van der Waals surface area contributed by atoms with Gasteiger partial charge in [-0.2, -0.15) is 10.5 Å². The van der Waals surface area contributed by atoms with Crippen molar-refractivity contribution in [1.29, 1.82) is 10.5 Å². The molecule has 0 aliphatic rings. The zero-order valence-electron chi connectivity index (χ0n) is 19.9. The van der Waals surface area contributed by atoms with Crippen LogP contribution in [0.15, 0.2) is 91.0 Å². The molecule has 172 valence electrons. The molecule has 0 saturated heterocycles. The molecule has 3 heteroatoms. The maximum Gasteiger partial charge on any atom is 0.118 e. The Kier molecular flexibility index (Phi) is 7.90. The number of nitrogens with zero attached hydrogens (tertiary/aromatic N) is 2. The third-order valence-corrected chi connectivity index (χ3v) is 5.60. The van der Waals surface area contributed by atoms with Gasteiger partial charge in [0, 0.05) is 0 Å². The molecule has 0 spiro atoms. The second-order valence-electron chi connectivity index (χ2n) is 8.17. The van der Waals surface area contributed by atoms with Gasteiger partial charge in [0.05, 0.1) is 30.4 Å². The van der Waals surface area contributed by atoms with Crippen LogP contribution in [-0.4, -0.2) is 7.11 Å². The highest BCUT2D eigenvalue weighted by Crippen LogP contribution is 2.20. The molecule has 0 amide bonds. The van der Waals surface area contributed by atoms with Gasteiger partial charge in [-0.25, -0.2) is 0 Å². The molecule has 4 rings (SSSR count). The minimum Gasteiger partial charge on any atom is -0.497 e. The predicted molar refractivity (Wildman–Crippen MR) is 149 cm³/mol. The van der Waals surface area contributed by atoms with E-state index in [9.17, 15) is 0 Å². The molecule has 0 aromatic heterocycles. The molecule has 0 N–H and O–H groups in total. The van der Waals surface area contributed by atoms with Gasteiger partial charge in [-0.1, -0.05) is 72.9 Å². The highest BCUT2D eigenvalue weighted by Gasteiger charge is 1.98. The van der Waals surface area contributed by atoms with Gasteiger partial charge in [0.25, 0.3) is 0 Å². The number of ether oxygens (including phenoxy) is 1. The van der Waals surface area contributed by atoms with Gasteiger partial charge in [0.1, 0.15) is 5.75 Å². The third-order valence-electron chi connectivity index (χ3n) is 5.60. The smallest absolute Gasteiger partial charge is 0.118 e. The monoisotopic (exact) mass is 464 g/mol. The largest absolute Gasteiger partial charge is 0.497 e. The molecule has 4 aromatic carbocycles. The molecule has 3 nitrogen and oxygen atoms in total. The lowest BCUT2D eigenvalue weighted by Crippen LogP contribution is -1.83. The fourth-order valence-corrected chi connectivity index (χ4v) is 3.62. The molecule has 0 heterocycles. The second kappa shape index (κ2) is 11.8. The zero-order valence-corrected chi connectivity index (χ0v) is 19.9. The van der Waals surface area contributed by atoms with E-state index in [0.29, 0.717) is 11.1 Å². The molecular formula is C33H24N2O. The van der Waals surface area contributed by atoms with Gasteiger partial charge in [-0.3, -0.25) is 0 Å². The van der Waals surface area contributed by atoms with Crippen molar-refractivity contribution in [2.45, 2.75) is 0 Å². The summed E-state index contributed by atoms with van der Waals surface area (Å²) in [4.78, 5) is 0. The first-order valence-electron chi connectivity index (χ1n) is 11.5. The van der Waals surface area contributed by atoms with Crippen molar-refractivity contribution in [3.63, 3.8) is 0 Å². The van der Waals surface area contributed by atoms with E-state index in [-0.39, 0.29) is 0 Å². The van der Waals surface area contributed by atoms with Gasteiger partial charge in [0.15, 0.2) is 0 Å². The molecule has 0 aliphatic heterocycles. The number of nitriles is 2. The lowest BCUT2D eigenvalue weighted by atomic mass is 10.0. The van der Waals surface area contributed by atoms with Crippen molar-refractivity contribution in [2.24, 2.45) is 0 Å². The van der Waals surface area contributed by atoms with Crippen LogP contribution < -0.4 is 4.74 Å². The first-order chi connectivity index (χ1) is 17.6. The number of hydrogen-bond acceptors (Lipinski definition) is 3. The second-order valence-corrected chi connectivity index (χ2v) is 8.17. The summed E-state index contributed by atoms with van der Waals surface area (Å²) in [7, 11) is 1.66. The van der Waals surface area contributed by atoms with E-state index in [2.05, 4.69) is 54.6 Å². The van der Waals surface area contributed by atoms with E-state index in [1.807, 2.05) is 84.9 Å². The van der Waals surface area contributed by atoms with Crippen molar-refractivity contribution >= 4 is 36.5 Å². The number of hydrogen-bond donors (Lipinski definition) is 0. The van der Waals surface area contributed by atoms with E-state index in [4.69, 9.17) is 15.3 Å². The van der Waals surface area contributed by atoms with Crippen LogP contribution in [0.1, 0.15) is 44.5 Å². The first-order valence-corrected chi connectivity index (χ1v) is 11.5. The minimum absolute atomic E-state index is 0.646. The normalized spacial score (nSPS) is 11.1. The van der Waals surface area contributed by atoms with E-state index in [1.54, 1.807) is 7.11 Å². The van der Waals surface area contributed by atoms with Crippen LogP contribution in [0.2, 0.25) is 0 Å². The summed E-state index contributed by atoms with van der Waals surface area (Å²) >= 11 is 0. The van der Waals surface area contributed by atoms with Crippen molar-refractivity contribution < 1.29 is 4.74 Å².